The van der Waals surface area contributed by atoms with E-state index in [-0.39, 0.29) is 6.61 Å². The van der Waals surface area contributed by atoms with Crippen LogP contribution in [0.3, 0.4) is 0 Å². The summed E-state index contributed by atoms with van der Waals surface area (Å²) in [6, 6.07) is 11.4. The lowest BCUT2D eigenvalue weighted by atomic mass is 9.97. The minimum Gasteiger partial charge on any atom is -0.472 e. The predicted octanol–water partition coefficient (Wildman–Crippen LogP) is 2.70. The van der Waals surface area contributed by atoms with E-state index >= 15 is 0 Å². The Morgan fingerprint density at radius 2 is 2.00 bits per heavy atom. The molecular formula is C14H16O3. The summed E-state index contributed by atoms with van der Waals surface area (Å²) < 4.78 is 10.4. The van der Waals surface area contributed by atoms with E-state index in [9.17, 15) is 5.11 Å². The zero-order valence-corrected chi connectivity index (χ0v) is 9.80. The van der Waals surface area contributed by atoms with Crippen LogP contribution >= 0.6 is 0 Å². The van der Waals surface area contributed by atoms with E-state index in [4.69, 9.17) is 9.15 Å². The van der Waals surface area contributed by atoms with Crippen LogP contribution in [0, 0.1) is 0 Å². The minimum atomic E-state index is -0.967. The normalized spacial score (nSPS) is 14.5. The molecule has 17 heavy (non-hydrogen) atoms. The van der Waals surface area contributed by atoms with Crippen molar-refractivity contribution in [2.45, 2.75) is 19.1 Å². The molecule has 3 heteroatoms. The average molecular weight is 232 g/mol. The van der Waals surface area contributed by atoms with Crippen molar-refractivity contribution in [1.29, 1.82) is 0 Å². The maximum atomic E-state index is 10.3. The Morgan fingerprint density at radius 1 is 1.24 bits per heavy atom. The number of hydrogen-bond donors (Lipinski definition) is 1. The van der Waals surface area contributed by atoms with Gasteiger partial charge in [-0.05, 0) is 18.6 Å². The van der Waals surface area contributed by atoms with Gasteiger partial charge < -0.3 is 14.3 Å². The summed E-state index contributed by atoms with van der Waals surface area (Å²) >= 11 is 0. The molecule has 0 saturated carbocycles. The van der Waals surface area contributed by atoms with E-state index in [2.05, 4.69) is 0 Å². The van der Waals surface area contributed by atoms with Crippen molar-refractivity contribution in [2.24, 2.45) is 0 Å². The van der Waals surface area contributed by atoms with Crippen LogP contribution in [0.4, 0.5) is 0 Å². The van der Waals surface area contributed by atoms with Gasteiger partial charge in [-0.15, -0.1) is 0 Å². The average Bonchev–Trinajstić information content (AvgIpc) is 2.83. The van der Waals surface area contributed by atoms with Crippen LogP contribution in [-0.2, 0) is 16.9 Å². The number of furan rings is 1. The molecule has 1 unspecified atom stereocenters. The van der Waals surface area contributed by atoms with Gasteiger partial charge in [0.2, 0.25) is 0 Å². The second-order valence-corrected chi connectivity index (χ2v) is 4.26. The fourth-order valence-electron chi connectivity index (χ4n) is 1.62. The highest BCUT2D eigenvalue weighted by Gasteiger charge is 2.22. The molecule has 0 amide bonds. The molecule has 0 aliphatic rings. The summed E-state index contributed by atoms with van der Waals surface area (Å²) in [6.45, 7) is 2.44. The van der Waals surface area contributed by atoms with Crippen LogP contribution < -0.4 is 0 Å². The second-order valence-electron chi connectivity index (χ2n) is 4.26. The highest BCUT2D eigenvalue weighted by molar-refractivity contribution is 5.21. The molecule has 0 aliphatic heterocycles. The van der Waals surface area contributed by atoms with Crippen LogP contribution in [0.15, 0.2) is 53.3 Å². The first kappa shape index (κ1) is 11.9. The number of ether oxygens (including phenoxy) is 1. The lowest BCUT2D eigenvalue weighted by Crippen LogP contribution is -2.27. The van der Waals surface area contributed by atoms with E-state index < -0.39 is 5.60 Å². The van der Waals surface area contributed by atoms with Crippen LogP contribution in [0.1, 0.15) is 18.1 Å². The highest BCUT2D eigenvalue weighted by atomic mass is 16.5. The Morgan fingerprint density at radius 3 is 2.65 bits per heavy atom. The van der Waals surface area contributed by atoms with Gasteiger partial charge in [-0.25, -0.2) is 0 Å². The molecule has 2 rings (SSSR count). The first-order valence-corrected chi connectivity index (χ1v) is 5.55. The molecule has 0 aliphatic carbocycles. The van der Waals surface area contributed by atoms with E-state index in [1.54, 1.807) is 19.5 Å². The Balaban J connectivity index is 1.90. The largest absolute Gasteiger partial charge is 0.472 e. The zero-order chi connectivity index (χ0) is 12.1. The van der Waals surface area contributed by atoms with Crippen molar-refractivity contribution < 1.29 is 14.3 Å². The standard InChI is InChI=1S/C14H16O3/c1-14(15,13-5-3-2-4-6-13)11-17-10-12-7-8-16-9-12/h2-9,15H,10-11H2,1H3. The molecule has 1 aromatic carbocycles. The molecule has 0 spiro atoms. The fourth-order valence-corrected chi connectivity index (χ4v) is 1.62. The third kappa shape index (κ3) is 3.19. The van der Waals surface area contributed by atoms with Gasteiger partial charge in [-0.3, -0.25) is 0 Å². The van der Waals surface area contributed by atoms with Gasteiger partial charge >= 0.3 is 0 Å². The Labute approximate surface area is 101 Å². The zero-order valence-electron chi connectivity index (χ0n) is 9.80. The van der Waals surface area contributed by atoms with Crippen molar-refractivity contribution >= 4 is 0 Å². The van der Waals surface area contributed by atoms with Crippen LogP contribution in [-0.4, -0.2) is 11.7 Å². The molecule has 1 heterocycles. The fraction of sp³-hybridized carbons (Fsp3) is 0.286. The van der Waals surface area contributed by atoms with Gasteiger partial charge in [-0.2, -0.15) is 0 Å². The third-order valence-corrected chi connectivity index (χ3v) is 2.63. The van der Waals surface area contributed by atoms with Crippen molar-refractivity contribution in [1.82, 2.24) is 0 Å². The summed E-state index contributed by atoms with van der Waals surface area (Å²) in [6.07, 6.45) is 3.24. The maximum Gasteiger partial charge on any atom is 0.110 e. The molecular weight excluding hydrogens is 216 g/mol. The summed E-state index contributed by atoms with van der Waals surface area (Å²) in [5.41, 5.74) is 0.853. The van der Waals surface area contributed by atoms with E-state index in [0.717, 1.165) is 11.1 Å². The van der Waals surface area contributed by atoms with Crippen molar-refractivity contribution in [2.75, 3.05) is 6.61 Å². The maximum absolute atomic E-state index is 10.3. The Bertz CT molecular complexity index is 432. The van der Waals surface area contributed by atoms with Crippen molar-refractivity contribution in [3.05, 3.63) is 60.1 Å². The molecule has 0 saturated heterocycles. The lowest BCUT2D eigenvalue weighted by molar-refractivity contribution is -0.0435. The summed E-state index contributed by atoms with van der Waals surface area (Å²) in [5, 5.41) is 10.3. The number of rotatable bonds is 5. The van der Waals surface area contributed by atoms with Gasteiger partial charge in [0, 0.05) is 5.56 Å². The first-order chi connectivity index (χ1) is 8.18. The third-order valence-electron chi connectivity index (χ3n) is 2.63. The minimum absolute atomic E-state index is 0.252. The number of benzene rings is 1. The van der Waals surface area contributed by atoms with Crippen molar-refractivity contribution in [3.63, 3.8) is 0 Å². The molecule has 1 aromatic heterocycles. The van der Waals surface area contributed by atoms with E-state index in [0.29, 0.717) is 6.61 Å². The molecule has 2 aromatic rings. The van der Waals surface area contributed by atoms with Gasteiger partial charge in [0.15, 0.2) is 0 Å². The van der Waals surface area contributed by atoms with Crippen LogP contribution in [0.5, 0.6) is 0 Å². The number of aliphatic hydroxyl groups is 1. The first-order valence-electron chi connectivity index (χ1n) is 5.55. The molecule has 1 atom stereocenters. The quantitative estimate of drug-likeness (QED) is 0.861. The van der Waals surface area contributed by atoms with Gasteiger partial charge in [-0.1, -0.05) is 30.3 Å². The molecule has 1 N–H and O–H groups in total. The summed E-state index contributed by atoms with van der Waals surface area (Å²) in [5.74, 6) is 0. The Hall–Kier alpha value is -1.58. The molecule has 3 nitrogen and oxygen atoms in total. The van der Waals surface area contributed by atoms with Crippen LogP contribution in [0.25, 0.3) is 0 Å². The van der Waals surface area contributed by atoms with Gasteiger partial charge in [0.05, 0.1) is 25.7 Å². The van der Waals surface area contributed by atoms with Gasteiger partial charge in [0.1, 0.15) is 5.60 Å². The topological polar surface area (TPSA) is 42.6 Å². The Kier molecular flexibility index (Phi) is 3.61. The molecule has 0 radical (unpaired) electrons. The second kappa shape index (κ2) is 5.17. The number of hydrogen-bond acceptors (Lipinski definition) is 3. The van der Waals surface area contributed by atoms with Crippen molar-refractivity contribution in [3.8, 4) is 0 Å². The van der Waals surface area contributed by atoms with E-state index in [1.807, 2.05) is 36.4 Å². The van der Waals surface area contributed by atoms with Gasteiger partial charge in [0.25, 0.3) is 0 Å². The molecule has 90 valence electrons. The van der Waals surface area contributed by atoms with Crippen LogP contribution in [0.2, 0.25) is 0 Å². The lowest BCUT2D eigenvalue weighted by Gasteiger charge is -2.23. The highest BCUT2D eigenvalue weighted by Crippen LogP contribution is 2.20. The summed E-state index contributed by atoms with van der Waals surface area (Å²) in [7, 11) is 0. The molecule has 0 bridgehead atoms. The smallest absolute Gasteiger partial charge is 0.110 e. The van der Waals surface area contributed by atoms with E-state index in [1.165, 1.54) is 0 Å². The predicted molar refractivity (Wildman–Crippen MR) is 64.4 cm³/mol. The molecule has 0 fully saturated rings. The SMILES string of the molecule is CC(O)(COCc1ccoc1)c1ccccc1. The summed E-state index contributed by atoms with van der Waals surface area (Å²) in [4.78, 5) is 0. The monoisotopic (exact) mass is 232 g/mol.